The van der Waals surface area contributed by atoms with Crippen molar-refractivity contribution in [1.82, 2.24) is 15.6 Å². The van der Waals surface area contributed by atoms with Crippen LogP contribution in [-0.2, 0) is 9.53 Å². The predicted molar refractivity (Wildman–Crippen MR) is 150 cm³/mol. The van der Waals surface area contributed by atoms with Crippen molar-refractivity contribution < 1.29 is 9.53 Å². The maximum atomic E-state index is 12.7. The molecule has 0 saturated heterocycles. The lowest BCUT2D eigenvalue weighted by molar-refractivity contribution is -0.127. The third-order valence-corrected chi connectivity index (χ3v) is 10.3. The van der Waals surface area contributed by atoms with Crippen molar-refractivity contribution in [2.45, 2.75) is 114 Å². The predicted octanol–water partition coefficient (Wildman–Crippen LogP) is 4.94. The average Bonchev–Trinajstić information content (AvgIpc) is 3.31. The number of nitrogens with zero attached hydrogens (tertiary/aromatic N) is 3. The normalized spacial score (nSPS) is 40.2. The first-order chi connectivity index (χ1) is 18.0. The SMILES string of the molecule is COC1CCCC(C(=O)NCC2CCC(CNC3CC(C4CCCCC4Cl)=NC4C(C)C=NN34)CC2)C1. The zero-order chi connectivity index (χ0) is 25.8. The van der Waals surface area contributed by atoms with Crippen molar-refractivity contribution in [3.8, 4) is 0 Å². The van der Waals surface area contributed by atoms with E-state index in [2.05, 4.69) is 28.8 Å². The smallest absolute Gasteiger partial charge is 0.223 e. The molecule has 0 bridgehead atoms. The van der Waals surface area contributed by atoms with Gasteiger partial charge in [0.05, 0.1) is 6.10 Å². The summed E-state index contributed by atoms with van der Waals surface area (Å²) < 4.78 is 5.51. The van der Waals surface area contributed by atoms with Crippen molar-refractivity contribution in [3.05, 3.63) is 0 Å². The van der Waals surface area contributed by atoms with Gasteiger partial charge in [-0.2, -0.15) is 5.10 Å². The number of hydrogen-bond donors (Lipinski definition) is 2. The Hall–Kier alpha value is -1.18. The molecule has 7 unspecified atom stereocenters. The monoisotopic (exact) mass is 533 g/mol. The van der Waals surface area contributed by atoms with Crippen molar-refractivity contribution in [2.75, 3.05) is 20.2 Å². The summed E-state index contributed by atoms with van der Waals surface area (Å²) in [6.45, 7) is 4.08. The molecular weight excluding hydrogens is 486 g/mol. The highest BCUT2D eigenvalue weighted by Crippen LogP contribution is 2.36. The molecule has 3 aliphatic carbocycles. The number of fused-ring (bicyclic) bond motifs is 1. The lowest BCUT2D eigenvalue weighted by Crippen LogP contribution is -2.53. The summed E-state index contributed by atoms with van der Waals surface area (Å²) in [5.74, 6) is 2.44. The van der Waals surface area contributed by atoms with E-state index in [9.17, 15) is 4.79 Å². The van der Waals surface area contributed by atoms with E-state index in [1.807, 2.05) is 0 Å². The molecule has 7 nitrogen and oxygen atoms in total. The van der Waals surface area contributed by atoms with Gasteiger partial charge in [0.25, 0.3) is 0 Å². The van der Waals surface area contributed by atoms with Gasteiger partial charge in [-0.25, -0.2) is 0 Å². The van der Waals surface area contributed by atoms with E-state index in [4.69, 9.17) is 26.4 Å². The van der Waals surface area contributed by atoms with E-state index in [0.717, 1.165) is 51.6 Å². The van der Waals surface area contributed by atoms with E-state index < -0.39 is 0 Å². The molecule has 2 heterocycles. The molecule has 0 radical (unpaired) electrons. The maximum absolute atomic E-state index is 12.7. The topological polar surface area (TPSA) is 78.3 Å². The van der Waals surface area contributed by atoms with Crippen molar-refractivity contribution >= 4 is 29.4 Å². The van der Waals surface area contributed by atoms with Crippen molar-refractivity contribution in [1.29, 1.82) is 0 Å². The van der Waals surface area contributed by atoms with Crippen LogP contribution in [0.5, 0.6) is 0 Å². The average molecular weight is 534 g/mol. The van der Waals surface area contributed by atoms with Crippen LogP contribution >= 0.6 is 11.6 Å². The van der Waals surface area contributed by atoms with E-state index in [0.29, 0.717) is 23.7 Å². The number of carbonyl (C=O) groups is 1. The number of ether oxygens (including phenoxy) is 1. The van der Waals surface area contributed by atoms with Gasteiger partial charge in [0.1, 0.15) is 12.3 Å². The Kier molecular flexibility index (Phi) is 9.46. The molecule has 3 saturated carbocycles. The number of nitrogens with one attached hydrogen (secondary N) is 2. The van der Waals surface area contributed by atoms with E-state index in [1.165, 1.54) is 50.7 Å². The molecule has 0 spiro atoms. The highest BCUT2D eigenvalue weighted by Gasteiger charge is 2.40. The highest BCUT2D eigenvalue weighted by molar-refractivity contribution is 6.22. The van der Waals surface area contributed by atoms with Gasteiger partial charge in [0.15, 0.2) is 0 Å². The minimum Gasteiger partial charge on any atom is -0.381 e. The number of alkyl halides is 1. The van der Waals surface area contributed by atoms with E-state index in [-0.39, 0.29) is 35.6 Å². The Labute approximate surface area is 228 Å². The third-order valence-electron chi connectivity index (χ3n) is 9.81. The summed E-state index contributed by atoms with van der Waals surface area (Å²) in [5.41, 5.74) is 1.32. The fraction of sp³-hybridized carbons (Fsp3) is 0.897. The lowest BCUT2D eigenvalue weighted by Gasteiger charge is -2.41. The first-order valence-corrected chi connectivity index (χ1v) is 15.5. The molecule has 7 atom stereocenters. The van der Waals surface area contributed by atoms with Crippen LogP contribution in [0.25, 0.3) is 0 Å². The summed E-state index contributed by atoms with van der Waals surface area (Å²) in [6, 6.07) is 0. The van der Waals surface area contributed by atoms with Crippen molar-refractivity contribution in [2.24, 2.45) is 39.7 Å². The molecular formula is C29H48ClN5O2. The number of halogens is 1. The largest absolute Gasteiger partial charge is 0.381 e. The van der Waals surface area contributed by atoms with Crippen LogP contribution in [0.2, 0.25) is 0 Å². The molecule has 0 aromatic rings. The number of hydrazone groups is 1. The number of methoxy groups -OCH3 is 1. The number of aliphatic imine (C=N–C) groups is 1. The van der Waals surface area contributed by atoms with Crippen LogP contribution in [0.3, 0.4) is 0 Å². The second kappa shape index (κ2) is 12.8. The van der Waals surface area contributed by atoms with Gasteiger partial charge in [0, 0.05) is 55.1 Å². The third kappa shape index (κ3) is 6.70. The Bertz CT molecular complexity index is 829. The number of rotatable bonds is 8. The van der Waals surface area contributed by atoms with Gasteiger partial charge in [-0.05, 0) is 76.2 Å². The van der Waals surface area contributed by atoms with Gasteiger partial charge < -0.3 is 10.1 Å². The van der Waals surface area contributed by atoms with Gasteiger partial charge in [-0.15, -0.1) is 11.6 Å². The minimum atomic E-state index is 0.120. The van der Waals surface area contributed by atoms with Gasteiger partial charge >= 0.3 is 0 Å². The molecule has 3 fully saturated rings. The highest BCUT2D eigenvalue weighted by atomic mass is 35.5. The number of hydrogen-bond acceptors (Lipinski definition) is 6. The van der Waals surface area contributed by atoms with Gasteiger partial charge in [0.2, 0.25) is 5.91 Å². The molecule has 2 N–H and O–H groups in total. The molecule has 5 aliphatic rings. The summed E-state index contributed by atoms with van der Waals surface area (Å²) in [6.07, 6.45) is 17.3. The number of carbonyl (C=O) groups excluding carboxylic acids is 1. The maximum Gasteiger partial charge on any atom is 0.223 e. The summed E-state index contributed by atoms with van der Waals surface area (Å²) in [4.78, 5) is 17.9. The van der Waals surface area contributed by atoms with Gasteiger partial charge in [-0.1, -0.05) is 26.2 Å². The van der Waals surface area contributed by atoms with Crippen LogP contribution in [-0.4, -0.2) is 66.9 Å². The first-order valence-electron chi connectivity index (χ1n) is 15.1. The Morgan fingerprint density at radius 2 is 1.81 bits per heavy atom. The molecule has 5 rings (SSSR count). The van der Waals surface area contributed by atoms with Crippen LogP contribution in [0, 0.1) is 29.6 Å². The standard InChI is InChI=1S/C29H48ClN5O2/c1-19-16-33-35-27(15-26(34-28(19)35)24-8-3-4-9-25(24)30)31-17-20-10-12-21(13-11-20)18-32-29(36)22-6-5-7-23(14-22)37-2/h16,19-25,27-28,31H,3-15,17-18H2,1-2H3,(H,32,36). The Morgan fingerprint density at radius 1 is 1.05 bits per heavy atom. The minimum absolute atomic E-state index is 0.120. The van der Waals surface area contributed by atoms with Gasteiger partial charge in [-0.3, -0.25) is 20.1 Å². The van der Waals surface area contributed by atoms with Crippen LogP contribution in [0.15, 0.2) is 10.1 Å². The fourth-order valence-electron chi connectivity index (χ4n) is 7.33. The molecule has 0 aromatic heterocycles. The van der Waals surface area contributed by atoms with Crippen LogP contribution in [0.1, 0.15) is 90.4 Å². The molecule has 37 heavy (non-hydrogen) atoms. The summed E-state index contributed by atoms with van der Waals surface area (Å²) >= 11 is 6.78. The molecule has 2 aliphatic heterocycles. The van der Waals surface area contributed by atoms with E-state index >= 15 is 0 Å². The Balaban J connectivity index is 1.06. The molecule has 208 valence electrons. The second-order valence-electron chi connectivity index (χ2n) is 12.4. The zero-order valence-electron chi connectivity index (χ0n) is 22.9. The lowest BCUT2D eigenvalue weighted by atomic mass is 9.81. The van der Waals surface area contributed by atoms with E-state index in [1.54, 1.807) is 7.11 Å². The van der Waals surface area contributed by atoms with Crippen molar-refractivity contribution in [3.63, 3.8) is 0 Å². The summed E-state index contributed by atoms with van der Waals surface area (Å²) in [5, 5.41) is 14.3. The Morgan fingerprint density at radius 3 is 2.57 bits per heavy atom. The molecule has 0 aromatic carbocycles. The first kappa shape index (κ1) is 27.4. The quantitative estimate of drug-likeness (QED) is 0.433. The van der Waals surface area contributed by atoms with Crippen LogP contribution in [0.4, 0.5) is 0 Å². The number of amides is 1. The second-order valence-corrected chi connectivity index (χ2v) is 13.0. The summed E-state index contributed by atoms with van der Waals surface area (Å²) in [7, 11) is 1.77. The molecule has 8 heteroatoms. The molecule has 1 amide bonds. The van der Waals surface area contributed by atoms with Crippen LogP contribution < -0.4 is 10.6 Å². The zero-order valence-corrected chi connectivity index (χ0v) is 23.7. The fourth-order valence-corrected chi connectivity index (χ4v) is 7.75.